The van der Waals surface area contributed by atoms with E-state index in [0.29, 0.717) is 0 Å². The predicted octanol–water partition coefficient (Wildman–Crippen LogP) is 2.86. The number of aromatic nitrogens is 2. The second-order valence-electron chi connectivity index (χ2n) is 4.10. The van der Waals surface area contributed by atoms with Gasteiger partial charge in [0.15, 0.2) is 0 Å². The van der Waals surface area contributed by atoms with Crippen LogP contribution in [0.3, 0.4) is 0 Å². The molecular formula is C12H17BrN4S. The fourth-order valence-electron chi connectivity index (χ4n) is 1.97. The van der Waals surface area contributed by atoms with Crippen molar-refractivity contribution >= 4 is 27.3 Å². The highest BCUT2D eigenvalue weighted by Gasteiger charge is 2.19. The molecule has 2 rings (SSSR count). The van der Waals surface area contributed by atoms with Crippen molar-refractivity contribution in [1.82, 2.24) is 15.2 Å². The summed E-state index contributed by atoms with van der Waals surface area (Å²) in [4.78, 5) is 1.31. The molecule has 0 radical (unpaired) electrons. The Hall–Kier alpha value is -0.690. The number of hydrogen-bond donors (Lipinski definition) is 2. The topological polar surface area (TPSA) is 55.9 Å². The number of nitrogens with two attached hydrogens (primary N) is 1. The molecule has 0 spiro atoms. The van der Waals surface area contributed by atoms with E-state index in [-0.39, 0.29) is 6.04 Å². The van der Waals surface area contributed by atoms with Gasteiger partial charge in [0.05, 0.1) is 22.4 Å². The third kappa shape index (κ3) is 3.00. The smallest absolute Gasteiger partial charge is 0.0712 e. The summed E-state index contributed by atoms with van der Waals surface area (Å²) in [6, 6.07) is 4.27. The van der Waals surface area contributed by atoms with Crippen molar-refractivity contribution in [3.8, 4) is 0 Å². The van der Waals surface area contributed by atoms with Crippen LogP contribution in [0.2, 0.25) is 0 Å². The van der Waals surface area contributed by atoms with Crippen LogP contribution in [0.15, 0.2) is 28.2 Å². The van der Waals surface area contributed by atoms with Gasteiger partial charge in [0, 0.05) is 17.8 Å². The highest BCUT2D eigenvalue weighted by Crippen LogP contribution is 2.27. The van der Waals surface area contributed by atoms with Crippen LogP contribution in [0.4, 0.5) is 0 Å². The van der Waals surface area contributed by atoms with Crippen LogP contribution in [0.1, 0.15) is 30.0 Å². The van der Waals surface area contributed by atoms with Crippen LogP contribution < -0.4 is 11.3 Å². The van der Waals surface area contributed by atoms with E-state index in [1.165, 1.54) is 4.88 Å². The van der Waals surface area contributed by atoms with Gasteiger partial charge in [0.25, 0.3) is 0 Å². The van der Waals surface area contributed by atoms with E-state index in [4.69, 9.17) is 5.84 Å². The maximum absolute atomic E-state index is 5.71. The average molecular weight is 329 g/mol. The molecule has 0 fully saturated rings. The SMILES string of the molecule is CCCn1ncc(Br)c1C(Cc1cccs1)NN. The summed E-state index contributed by atoms with van der Waals surface area (Å²) in [6.45, 7) is 3.05. The van der Waals surface area contributed by atoms with Crippen molar-refractivity contribution in [2.75, 3.05) is 0 Å². The Morgan fingerprint density at radius 2 is 2.44 bits per heavy atom. The van der Waals surface area contributed by atoms with Gasteiger partial charge in [0.1, 0.15) is 0 Å². The Bertz CT molecular complexity index is 480. The van der Waals surface area contributed by atoms with E-state index in [1.807, 2.05) is 10.9 Å². The van der Waals surface area contributed by atoms with E-state index >= 15 is 0 Å². The number of halogens is 1. The normalized spacial score (nSPS) is 12.8. The lowest BCUT2D eigenvalue weighted by Gasteiger charge is -2.17. The first kappa shape index (κ1) is 13.7. The number of thiophene rings is 1. The molecule has 1 unspecified atom stereocenters. The van der Waals surface area contributed by atoms with Gasteiger partial charge in [-0.3, -0.25) is 16.0 Å². The quantitative estimate of drug-likeness (QED) is 0.633. The molecule has 0 aliphatic rings. The lowest BCUT2D eigenvalue weighted by atomic mass is 10.1. The molecule has 2 heterocycles. The number of nitrogens with one attached hydrogen (secondary N) is 1. The molecular weight excluding hydrogens is 312 g/mol. The number of aryl methyl sites for hydroxylation is 1. The fraction of sp³-hybridized carbons (Fsp3) is 0.417. The van der Waals surface area contributed by atoms with Gasteiger partial charge in [0.2, 0.25) is 0 Å². The Morgan fingerprint density at radius 1 is 1.61 bits per heavy atom. The van der Waals surface area contributed by atoms with Gasteiger partial charge in [-0.25, -0.2) is 0 Å². The summed E-state index contributed by atoms with van der Waals surface area (Å²) in [6.07, 6.45) is 3.77. The van der Waals surface area contributed by atoms with Crippen LogP contribution in [0.5, 0.6) is 0 Å². The molecule has 4 nitrogen and oxygen atoms in total. The van der Waals surface area contributed by atoms with Crippen LogP contribution >= 0.6 is 27.3 Å². The van der Waals surface area contributed by atoms with E-state index in [2.05, 4.69) is 50.9 Å². The maximum Gasteiger partial charge on any atom is 0.0712 e. The van der Waals surface area contributed by atoms with Crippen LogP contribution in [-0.2, 0) is 13.0 Å². The van der Waals surface area contributed by atoms with Crippen molar-refractivity contribution in [3.63, 3.8) is 0 Å². The minimum atomic E-state index is 0.0760. The van der Waals surface area contributed by atoms with Gasteiger partial charge < -0.3 is 0 Å². The number of nitrogens with zero attached hydrogens (tertiary/aromatic N) is 2. The first-order valence-electron chi connectivity index (χ1n) is 5.96. The predicted molar refractivity (Wildman–Crippen MR) is 78.3 cm³/mol. The summed E-state index contributed by atoms with van der Waals surface area (Å²) < 4.78 is 3.03. The molecule has 2 aromatic rings. The maximum atomic E-state index is 5.71. The van der Waals surface area contributed by atoms with Gasteiger partial charge in [-0.05, 0) is 33.8 Å². The highest BCUT2D eigenvalue weighted by atomic mass is 79.9. The largest absolute Gasteiger partial charge is 0.271 e. The molecule has 0 bridgehead atoms. The highest BCUT2D eigenvalue weighted by molar-refractivity contribution is 9.10. The first-order valence-corrected chi connectivity index (χ1v) is 7.63. The zero-order valence-electron chi connectivity index (χ0n) is 10.3. The molecule has 0 aliphatic carbocycles. The molecule has 1 atom stereocenters. The van der Waals surface area contributed by atoms with E-state index < -0.39 is 0 Å². The van der Waals surface area contributed by atoms with Crippen LogP contribution in [-0.4, -0.2) is 9.78 Å². The third-order valence-electron chi connectivity index (χ3n) is 2.79. The van der Waals surface area contributed by atoms with E-state index in [0.717, 1.165) is 29.6 Å². The fourth-order valence-corrected chi connectivity index (χ4v) is 3.30. The Kier molecular flexibility index (Phi) is 4.94. The summed E-state index contributed by atoms with van der Waals surface area (Å²) in [5.74, 6) is 5.71. The monoisotopic (exact) mass is 328 g/mol. The average Bonchev–Trinajstić information content (AvgIpc) is 2.98. The van der Waals surface area contributed by atoms with Gasteiger partial charge in [-0.15, -0.1) is 11.3 Å². The summed E-state index contributed by atoms with van der Waals surface area (Å²) in [5.41, 5.74) is 4.02. The molecule has 2 aromatic heterocycles. The third-order valence-corrected chi connectivity index (χ3v) is 4.30. The second kappa shape index (κ2) is 6.47. The van der Waals surface area contributed by atoms with Crippen LogP contribution in [0.25, 0.3) is 0 Å². The summed E-state index contributed by atoms with van der Waals surface area (Å²) in [7, 11) is 0. The second-order valence-corrected chi connectivity index (χ2v) is 5.99. The number of hydrazine groups is 1. The number of hydrogen-bond acceptors (Lipinski definition) is 4. The summed E-state index contributed by atoms with van der Waals surface area (Å²) in [5, 5.41) is 6.47. The standard InChI is InChI=1S/C12H17BrN4S/c1-2-5-17-12(10(13)8-15-17)11(16-14)7-9-4-3-6-18-9/h3-4,6,8,11,16H,2,5,7,14H2,1H3. The Balaban J connectivity index is 2.23. The molecule has 0 saturated heterocycles. The molecule has 0 saturated carbocycles. The summed E-state index contributed by atoms with van der Waals surface area (Å²) >= 11 is 5.31. The Morgan fingerprint density at radius 3 is 3.06 bits per heavy atom. The molecule has 0 aliphatic heterocycles. The van der Waals surface area contributed by atoms with Crippen molar-refractivity contribution in [2.45, 2.75) is 32.4 Å². The first-order chi connectivity index (χ1) is 8.76. The zero-order chi connectivity index (χ0) is 13.0. The molecule has 18 heavy (non-hydrogen) atoms. The van der Waals surface area contributed by atoms with Crippen molar-refractivity contribution in [3.05, 3.63) is 38.8 Å². The molecule has 0 amide bonds. The van der Waals surface area contributed by atoms with E-state index in [1.54, 1.807) is 11.3 Å². The molecule has 98 valence electrons. The van der Waals surface area contributed by atoms with Gasteiger partial charge >= 0.3 is 0 Å². The lowest BCUT2D eigenvalue weighted by molar-refractivity contribution is 0.478. The van der Waals surface area contributed by atoms with Crippen molar-refractivity contribution < 1.29 is 0 Å². The van der Waals surface area contributed by atoms with Crippen LogP contribution in [0, 0.1) is 0 Å². The Labute approximate surface area is 119 Å². The number of rotatable bonds is 6. The minimum absolute atomic E-state index is 0.0760. The molecule has 6 heteroatoms. The molecule has 0 aromatic carbocycles. The zero-order valence-corrected chi connectivity index (χ0v) is 12.7. The molecule has 3 N–H and O–H groups in total. The van der Waals surface area contributed by atoms with Gasteiger partial charge in [-0.1, -0.05) is 13.0 Å². The van der Waals surface area contributed by atoms with E-state index in [9.17, 15) is 0 Å². The van der Waals surface area contributed by atoms with Gasteiger partial charge in [-0.2, -0.15) is 5.10 Å². The minimum Gasteiger partial charge on any atom is -0.271 e. The van der Waals surface area contributed by atoms with Crippen molar-refractivity contribution in [2.24, 2.45) is 5.84 Å². The van der Waals surface area contributed by atoms with Crippen molar-refractivity contribution in [1.29, 1.82) is 0 Å². The lowest BCUT2D eigenvalue weighted by Crippen LogP contribution is -2.31.